The van der Waals surface area contributed by atoms with Crippen LogP contribution in [0.5, 0.6) is 0 Å². The van der Waals surface area contributed by atoms with Crippen LogP contribution in [-0.2, 0) is 17.7 Å². The van der Waals surface area contributed by atoms with E-state index in [-0.39, 0.29) is 18.5 Å². The first-order chi connectivity index (χ1) is 8.76. The molecule has 2 rings (SSSR count). The normalized spacial score (nSPS) is 15.1. The molecular weight excluding hydrogens is 245 g/mol. The highest BCUT2D eigenvalue weighted by molar-refractivity contribution is 5.68. The lowest BCUT2D eigenvalue weighted by atomic mass is 9.97. The van der Waals surface area contributed by atoms with Crippen molar-refractivity contribution in [3.63, 3.8) is 0 Å². The second kappa shape index (κ2) is 4.83. The topological polar surface area (TPSA) is 29.5 Å². The molecule has 3 nitrogen and oxygen atoms in total. The van der Waals surface area contributed by atoms with E-state index in [0.29, 0.717) is 18.5 Å². The van der Waals surface area contributed by atoms with Crippen LogP contribution in [0.2, 0.25) is 0 Å². The molecule has 0 radical (unpaired) electrons. The van der Waals surface area contributed by atoms with Crippen LogP contribution in [0.15, 0.2) is 12.1 Å². The Hall–Kier alpha value is -1.58. The molecule has 1 aliphatic rings. The standard InChI is InChI=1S/C15H20FNO2/c1-10-7-11-5-6-17(9-12(11)13(16)8-10)14(18)19-15(2,3)4/h7-8H,5-6,9H2,1-4H3. The minimum Gasteiger partial charge on any atom is -0.444 e. The van der Waals surface area contributed by atoms with E-state index < -0.39 is 5.60 Å². The van der Waals surface area contributed by atoms with Crippen molar-refractivity contribution in [3.8, 4) is 0 Å². The molecule has 4 heteroatoms. The molecule has 19 heavy (non-hydrogen) atoms. The van der Waals surface area contributed by atoms with E-state index in [1.54, 1.807) is 4.90 Å². The van der Waals surface area contributed by atoms with Crippen LogP contribution >= 0.6 is 0 Å². The number of fused-ring (bicyclic) bond motifs is 1. The lowest BCUT2D eigenvalue weighted by Gasteiger charge is -2.31. The maximum absolute atomic E-state index is 13.9. The molecule has 104 valence electrons. The lowest BCUT2D eigenvalue weighted by Crippen LogP contribution is -2.40. The SMILES string of the molecule is Cc1cc(F)c2c(c1)CCN(C(=O)OC(C)(C)C)C2. The Morgan fingerprint density at radius 2 is 2.05 bits per heavy atom. The summed E-state index contributed by atoms with van der Waals surface area (Å²) in [5.41, 5.74) is 2.00. The highest BCUT2D eigenvalue weighted by Gasteiger charge is 2.27. The van der Waals surface area contributed by atoms with Crippen LogP contribution in [-0.4, -0.2) is 23.1 Å². The molecule has 1 aliphatic heterocycles. The molecule has 0 unspecified atom stereocenters. The summed E-state index contributed by atoms with van der Waals surface area (Å²) in [5, 5.41) is 0. The zero-order valence-corrected chi connectivity index (χ0v) is 11.9. The molecule has 0 N–H and O–H groups in total. The number of aryl methyl sites for hydroxylation is 1. The molecule has 0 saturated carbocycles. The van der Waals surface area contributed by atoms with E-state index in [0.717, 1.165) is 11.1 Å². The summed E-state index contributed by atoms with van der Waals surface area (Å²) in [4.78, 5) is 13.5. The second-order valence-electron chi connectivity index (χ2n) is 6.04. The van der Waals surface area contributed by atoms with Gasteiger partial charge in [-0.2, -0.15) is 0 Å². The number of benzene rings is 1. The molecule has 1 heterocycles. The van der Waals surface area contributed by atoms with Crippen LogP contribution in [0.4, 0.5) is 9.18 Å². The van der Waals surface area contributed by atoms with Crippen molar-refractivity contribution >= 4 is 6.09 Å². The minimum atomic E-state index is -0.525. The van der Waals surface area contributed by atoms with Gasteiger partial charge in [0.05, 0.1) is 6.54 Å². The van der Waals surface area contributed by atoms with Gasteiger partial charge in [0.2, 0.25) is 0 Å². The first-order valence-corrected chi connectivity index (χ1v) is 6.52. The molecule has 1 aromatic rings. The summed E-state index contributed by atoms with van der Waals surface area (Å²) in [7, 11) is 0. The van der Waals surface area contributed by atoms with Gasteiger partial charge in [-0.25, -0.2) is 9.18 Å². The number of hydrogen-bond donors (Lipinski definition) is 0. The molecule has 0 atom stereocenters. The number of halogens is 1. The van der Waals surface area contributed by atoms with Gasteiger partial charge < -0.3 is 9.64 Å². The molecule has 0 bridgehead atoms. The van der Waals surface area contributed by atoms with Gasteiger partial charge in [-0.15, -0.1) is 0 Å². The van der Waals surface area contributed by atoms with Gasteiger partial charge in [0.25, 0.3) is 0 Å². The Morgan fingerprint density at radius 1 is 1.37 bits per heavy atom. The van der Waals surface area contributed by atoms with Crippen molar-refractivity contribution in [2.75, 3.05) is 6.54 Å². The van der Waals surface area contributed by atoms with Crippen LogP contribution in [0.3, 0.4) is 0 Å². The summed E-state index contributed by atoms with van der Waals surface area (Å²) in [5.74, 6) is -0.233. The summed E-state index contributed by atoms with van der Waals surface area (Å²) in [6, 6.07) is 3.50. The number of amides is 1. The van der Waals surface area contributed by atoms with E-state index in [1.165, 1.54) is 6.07 Å². The van der Waals surface area contributed by atoms with E-state index in [9.17, 15) is 9.18 Å². The summed E-state index contributed by atoms with van der Waals surface area (Å²) >= 11 is 0. The maximum Gasteiger partial charge on any atom is 0.410 e. The third-order valence-electron chi connectivity index (χ3n) is 3.08. The van der Waals surface area contributed by atoms with Crippen molar-refractivity contribution in [3.05, 3.63) is 34.6 Å². The number of carbonyl (C=O) groups excluding carboxylic acids is 1. The van der Waals surface area contributed by atoms with Gasteiger partial charge >= 0.3 is 6.09 Å². The molecule has 1 aromatic carbocycles. The number of rotatable bonds is 0. The summed E-state index contributed by atoms with van der Waals surface area (Å²) in [6.45, 7) is 8.22. The molecule has 0 aromatic heterocycles. The monoisotopic (exact) mass is 265 g/mol. The smallest absolute Gasteiger partial charge is 0.410 e. The summed E-state index contributed by atoms with van der Waals surface area (Å²) < 4.78 is 19.2. The van der Waals surface area contributed by atoms with E-state index in [1.807, 2.05) is 33.8 Å². The van der Waals surface area contributed by atoms with Crippen molar-refractivity contribution in [1.82, 2.24) is 4.90 Å². The van der Waals surface area contributed by atoms with E-state index in [4.69, 9.17) is 4.74 Å². The molecular formula is C15H20FNO2. The number of nitrogens with zero attached hydrogens (tertiary/aromatic N) is 1. The highest BCUT2D eigenvalue weighted by atomic mass is 19.1. The van der Waals surface area contributed by atoms with Crippen LogP contribution in [0.25, 0.3) is 0 Å². The molecule has 0 spiro atoms. The van der Waals surface area contributed by atoms with Crippen molar-refractivity contribution in [2.24, 2.45) is 0 Å². The Labute approximate surface area is 113 Å². The summed E-state index contributed by atoms with van der Waals surface area (Å²) in [6.07, 6.45) is 0.297. The average Bonchev–Trinajstić information content (AvgIpc) is 2.25. The van der Waals surface area contributed by atoms with Gasteiger partial charge in [-0.05, 0) is 51.3 Å². The fourth-order valence-electron chi connectivity index (χ4n) is 2.25. The first kappa shape index (κ1) is 13.8. The molecule has 1 amide bonds. The van der Waals surface area contributed by atoms with Gasteiger partial charge in [0, 0.05) is 12.1 Å². The molecule has 0 aliphatic carbocycles. The number of ether oxygens (including phenoxy) is 1. The third-order valence-corrected chi connectivity index (χ3v) is 3.08. The average molecular weight is 265 g/mol. The zero-order chi connectivity index (χ0) is 14.2. The van der Waals surface area contributed by atoms with Gasteiger partial charge in [-0.1, -0.05) is 6.07 Å². The van der Waals surface area contributed by atoms with Crippen LogP contribution in [0.1, 0.15) is 37.5 Å². The fraction of sp³-hybridized carbons (Fsp3) is 0.533. The predicted molar refractivity (Wildman–Crippen MR) is 71.5 cm³/mol. The van der Waals surface area contributed by atoms with E-state index in [2.05, 4.69) is 0 Å². The Kier molecular flexibility index (Phi) is 3.52. The number of carbonyl (C=O) groups is 1. The Bertz CT molecular complexity index is 506. The van der Waals surface area contributed by atoms with Crippen molar-refractivity contribution in [2.45, 2.75) is 46.3 Å². The molecule has 0 saturated heterocycles. The largest absolute Gasteiger partial charge is 0.444 e. The second-order valence-corrected chi connectivity index (χ2v) is 6.04. The Morgan fingerprint density at radius 3 is 2.68 bits per heavy atom. The first-order valence-electron chi connectivity index (χ1n) is 6.52. The lowest BCUT2D eigenvalue weighted by molar-refractivity contribution is 0.0222. The van der Waals surface area contributed by atoms with Gasteiger partial charge in [0.1, 0.15) is 11.4 Å². The van der Waals surface area contributed by atoms with Crippen LogP contribution < -0.4 is 0 Å². The van der Waals surface area contributed by atoms with Gasteiger partial charge in [-0.3, -0.25) is 0 Å². The van der Waals surface area contributed by atoms with E-state index >= 15 is 0 Å². The maximum atomic E-state index is 13.9. The highest BCUT2D eigenvalue weighted by Crippen LogP contribution is 2.24. The fourth-order valence-corrected chi connectivity index (χ4v) is 2.25. The minimum absolute atomic E-state index is 0.233. The predicted octanol–water partition coefficient (Wildman–Crippen LogP) is 3.43. The third kappa shape index (κ3) is 3.25. The zero-order valence-electron chi connectivity index (χ0n) is 11.9. The Balaban J connectivity index is 2.16. The number of hydrogen-bond acceptors (Lipinski definition) is 2. The van der Waals surface area contributed by atoms with Crippen molar-refractivity contribution < 1.29 is 13.9 Å². The molecule has 0 fully saturated rings. The van der Waals surface area contributed by atoms with Crippen LogP contribution in [0, 0.1) is 12.7 Å². The quantitative estimate of drug-likeness (QED) is 0.719. The van der Waals surface area contributed by atoms with Crippen molar-refractivity contribution in [1.29, 1.82) is 0 Å². The van der Waals surface area contributed by atoms with Gasteiger partial charge in [0.15, 0.2) is 0 Å².